The van der Waals surface area contributed by atoms with Crippen molar-refractivity contribution in [2.45, 2.75) is 0 Å². The molecule has 5 heteroatoms. The standard InChI is InChI=1S/C12H10N2O3/c15-10-7-6-9(11(16)12(10)17)14-13-8-4-2-1-3-5-8/h1-7,15-17H. The molecule has 0 aromatic heterocycles. The third kappa shape index (κ3) is 2.34. The average molecular weight is 230 g/mol. The number of benzene rings is 2. The third-order valence-electron chi connectivity index (χ3n) is 2.14. The molecule has 0 aliphatic heterocycles. The zero-order valence-corrected chi connectivity index (χ0v) is 8.78. The van der Waals surface area contributed by atoms with Crippen LogP contribution in [0.2, 0.25) is 0 Å². The van der Waals surface area contributed by atoms with Crippen molar-refractivity contribution in [3.63, 3.8) is 0 Å². The van der Waals surface area contributed by atoms with Crippen LogP contribution in [0.4, 0.5) is 11.4 Å². The van der Waals surface area contributed by atoms with Gasteiger partial charge in [0.1, 0.15) is 5.69 Å². The fourth-order valence-corrected chi connectivity index (χ4v) is 1.25. The molecule has 0 heterocycles. The fraction of sp³-hybridized carbons (Fsp3) is 0. The number of phenols is 3. The molecule has 0 saturated carbocycles. The highest BCUT2D eigenvalue weighted by molar-refractivity contribution is 5.63. The second-order valence-electron chi connectivity index (χ2n) is 3.34. The molecule has 5 nitrogen and oxygen atoms in total. The molecule has 17 heavy (non-hydrogen) atoms. The predicted molar refractivity (Wildman–Crippen MR) is 62.1 cm³/mol. The van der Waals surface area contributed by atoms with Gasteiger partial charge in [0.2, 0.25) is 5.75 Å². The lowest BCUT2D eigenvalue weighted by Gasteiger charge is -2.02. The van der Waals surface area contributed by atoms with Crippen molar-refractivity contribution in [2.75, 3.05) is 0 Å². The van der Waals surface area contributed by atoms with Crippen molar-refractivity contribution in [3.05, 3.63) is 42.5 Å². The first-order valence-corrected chi connectivity index (χ1v) is 4.89. The van der Waals surface area contributed by atoms with E-state index >= 15 is 0 Å². The van der Waals surface area contributed by atoms with Gasteiger partial charge in [0, 0.05) is 0 Å². The van der Waals surface area contributed by atoms with Crippen LogP contribution in [0.3, 0.4) is 0 Å². The van der Waals surface area contributed by atoms with E-state index < -0.39 is 17.2 Å². The summed E-state index contributed by atoms with van der Waals surface area (Å²) in [4.78, 5) is 0. The summed E-state index contributed by atoms with van der Waals surface area (Å²) in [5.74, 6) is -1.50. The van der Waals surface area contributed by atoms with Crippen LogP contribution in [0.25, 0.3) is 0 Å². The molecule has 0 atom stereocenters. The van der Waals surface area contributed by atoms with Crippen LogP contribution < -0.4 is 0 Å². The van der Waals surface area contributed by atoms with E-state index in [1.54, 1.807) is 12.1 Å². The summed E-state index contributed by atoms with van der Waals surface area (Å²) >= 11 is 0. The summed E-state index contributed by atoms with van der Waals surface area (Å²) in [7, 11) is 0. The number of phenolic OH excluding ortho intramolecular Hbond substituents is 3. The SMILES string of the molecule is Oc1ccc(N=Nc2ccccc2)c(O)c1O. The van der Waals surface area contributed by atoms with E-state index in [-0.39, 0.29) is 5.69 Å². The molecule has 0 amide bonds. The number of nitrogens with zero attached hydrogens (tertiary/aromatic N) is 2. The number of azo groups is 1. The molecule has 0 bridgehead atoms. The van der Waals surface area contributed by atoms with Crippen molar-refractivity contribution in [1.29, 1.82) is 0 Å². The summed E-state index contributed by atoms with van der Waals surface area (Å²) in [6, 6.07) is 11.6. The van der Waals surface area contributed by atoms with Gasteiger partial charge in [-0.1, -0.05) is 18.2 Å². The zero-order valence-electron chi connectivity index (χ0n) is 8.78. The molecule has 0 fully saturated rings. The van der Waals surface area contributed by atoms with Crippen molar-refractivity contribution in [2.24, 2.45) is 10.2 Å². The molecule has 0 aliphatic carbocycles. The van der Waals surface area contributed by atoms with E-state index in [0.717, 1.165) is 0 Å². The molecule has 0 radical (unpaired) electrons. The summed E-state index contributed by atoms with van der Waals surface area (Å²) in [6.45, 7) is 0. The normalized spacial score (nSPS) is 10.8. The first-order valence-electron chi connectivity index (χ1n) is 4.89. The number of rotatable bonds is 2. The lowest BCUT2D eigenvalue weighted by Crippen LogP contribution is -1.72. The van der Waals surface area contributed by atoms with E-state index in [1.807, 2.05) is 18.2 Å². The van der Waals surface area contributed by atoms with Crippen molar-refractivity contribution >= 4 is 11.4 Å². The Kier molecular flexibility index (Phi) is 2.91. The second-order valence-corrected chi connectivity index (χ2v) is 3.34. The van der Waals surface area contributed by atoms with Crippen LogP contribution in [-0.4, -0.2) is 15.3 Å². The van der Waals surface area contributed by atoms with Gasteiger partial charge in [-0.05, 0) is 24.3 Å². The quantitative estimate of drug-likeness (QED) is 0.547. The summed E-state index contributed by atoms with van der Waals surface area (Å²) in [5.41, 5.74) is 0.712. The monoisotopic (exact) mass is 230 g/mol. The van der Waals surface area contributed by atoms with Crippen LogP contribution in [-0.2, 0) is 0 Å². The van der Waals surface area contributed by atoms with Crippen LogP contribution in [0, 0.1) is 0 Å². The van der Waals surface area contributed by atoms with E-state index in [0.29, 0.717) is 5.69 Å². The summed E-state index contributed by atoms with van der Waals surface area (Å²) in [5, 5.41) is 35.6. The Balaban J connectivity index is 2.31. The zero-order chi connectivity index (χ0) is 12.3. The highest BCUT2D eigenvalue weighted by Crippen LogP contribution is 2.41. The Morgan fingerprint density at radius 2 is 1.41 bits per heavy atom. The van der Waals surface area contributed by atoms with Crippen molar-refractivity contribution < 1.29 is 15.3 Å². The predicted octanol–water partition coefficient (Wildman–Crippen LogP) is 3.22. The third-order valence-corrected chi connectivity index (χ3v) is 2.14. The highest BCUT2D eigenvalue weighted by atomic mass is 16.3. The first-order chi connectivity index (χ1) is 8.18. The van der Waals surface area contributed by atoms with Gasteiger partial charge < -0.3 is 15.3 Å². The van der Waals surface area contributed by atoms with Crippen LogP contribution in [0.15, 0.2) is 52.7 Å². The molecule has 2 rings (SSSR count). The Labute approximate surface area is 97.3 Å². The molecule has 0 unspecified atom stereocenters. The largest absolute Gasteiger partial charge is 0.504 e. The Morgan fingerprint density at radius 3 is 2.12 bits per heavy atom. The highest BCUT2D eigenvalue weighted by Gasteiger charge is 2.10. The van der Waals surface area contributed by atoms with Crippen LogP contribution in [0.1, 0.15) is 0 Å². The molecule has 3 N–H and O–H groups in total. The molecular weight excluding hydrogens is 220 g/mol. The lowest BCUT2D eigenvalue weighted by atomic mass is 10.2. The maximum absolute atomic E-state index is 9.49. The minimum atomic E-state index is -0.602. The van der Waals surface area contributed by atoms with Crippen LogP contribution >= 0.6 is 0 Å². The Morgan fingerprint density at radius 1 is 0.706 bits per heavy atom. The van der Waals surface area contributed by atoms with E-state index in [4.69, 9.17) is 5.11 Å². The van der Waals surface area contributed by atoms with Gasteiger partial charge in [0.15, 0.2) is 11.5 Å². The molecule has 2 aromatic rings. The maximum atomic E-state index is 9.49. The maximum Gasteiger partial charge on any atom is 0.202 e. The first kappa shape index (κ1) is 10.9. The van der Waals surface area contributed by atoms with E-state index in [9.17, 15) is 10.2 Å². The topological polar surface area (TPSA) is 85.4 Å². The van der Waals surface area contributed by atoms with Crippen LogP contribution in [0.5, 0.6) is 17.2 Å². The smallest absolute Gasteiger partial charge is 0.202 e. The lowest BCUT2D eigenvalue weighted by molar-refractivity contribution is 0.368. The Hall–Kier alpha value is -2.56. The molecule has 86 valence electrons. The van der Waals surface area contributed by atoms with Crippen molar-refractivity contribution in [1.82, 2.24) is 0 Å². The molecular formula is C12H10N2O3. The Bertz CT molecular complexity index is 553. The molecule has 0 spiro atoms. The van der Waals surface area contributed by atoms with Gasteiger partial charge in [-0.25, -0.2) is 0 Å². The summed E-state index contributed by atoms with van der Waals surface area (Å²) < 4.78 is 0. The second kappa shape index (κ2) is 4.52. The summed E-state index contributed by atoms with van der Waals surface area (Å²) in [6.07, 6.45) is 0. The van der Waals surface area contributed by atoms with Gasteiger partial charge in [-0.2, -0.15) is 5.11 Å². The molecule has 2 aromatic carbocycles. The number of hydrogen-bond donors (Lipinski definition) is 3. The molecule has 0 saturated heterocycles. The number of aromatic hydroxyl groups is 3. The fourth-order valence-electron chi connectivity index (χ4n) is 1.25. The van der Waals surface area contributed by atoms with Gasteiger partial charge in [0.05, 0.1) is 5.69 Å². The minimum absolute atomic E-state index is 0.0872. The number of hydrogen-bond acceptors (Lipinski definition) is 5. The van der Waals surface area contributed by atoms with Crippen molar-refractivity contribution in [3.8, 4) is 17.2 Å². The minimum Gasteiger partial charge on any atom is -0.504 e. The van der Waals surface area contributed by atoms with Gasteiger partial charge in [0.25, 0.3) is 0 Å². The molecule has 0 aliphatic rings. The van der Waals surface area contributed by atoms with E-state index in [1.165, 1.54) is 12.1 Å². The van der Waals surface area contributed by atoms with E-state index in [2.05, 4.69) is 10.2 Å². The van der Waals surface area contributed by atoms with Gasteiger partial charge in [-0.3, -0.25) is 0 Å². The van der Waals surface area contributed by atoms with Gasteiger partial charge >= 0.3 is 0 Å². The van der Waals surface area contributed by atoms with Gasteiger partial charge in [-0.15, -0.1) is 5.11 Å². The average Bonchev–Trinajstić information content (AvgIpc) is 2.36.